The smallest absolute Gasteiger partial charge is 0.258 e. The van der Waals surface area contributed by atoms with Crippen molar-refractivity contribution in [3.8, 4) is 0 Å². The van der Waals surface area contributed by atoms with Gasteiger partial charge in [0.1, 0.15) is 0 Å². The Morgan fingerprint density at radius 3 is 2.41 bits per heavy atom. The summed E-state index contributed by atoms with van der Waals surface area (Å²) in [4.78, 5) is 18.7. The number of amides is 1. The number of hydrogen-bond donors (Lipinski definition) is 1. The van der Waals surface area contributed by atoms with Crippen LogP contribution in [0.5, 0.6) is 0 Å². The van der Waals surface area contributed by atoms with Crippen molar-refractivity contribution >= 4 is 33.7 Å². The predicted octanol–water partition coefficient (Wildman–Crippen LogP) is 3.69. The molecule has 2 rings (SSSR count). The van der Waals surface area contributed by atoms with Crippen molar-refractivity contribution in [2.24, 2.45) is 0 Å². The highest BCUT2D eigenvalue weighted by molar-refractivity contribution is 7.15. The summed E-state index contributed by atoms with van der Waals surface area (Å²) >= 11 is 3.11. The summed E-state index contributed by atoms with van der Waals surface area (Å²) < 4.78 is 0. The molecule has 0 bridgehead atoms. The van der Waals surface area contributed by atoms with Crippen molar-refractivity contribution < 1.29 is 4.79 Å². The standard InChI is InChI=1S/C12H14N2OS2/c1-6-8(3)16-5-10(6)11(15)14-12-13-7(2)9(4)17-12/h5H,1-4H3,(H,13,14,15). The van der Waals surface area contributed by atoms with Crippen molar-refractivity contribution in [3.05, 3.63) is 32.0 Å². The maximum absolute atomic E-state index is 12.0. The summed E-state index contributed by atoms with van der Waals surface area (Å²) in [6.07, 6.45) is 0. The Kier molecular flexibility index (Phi) is 3.31. The fourth-order valence-corrected chi connectivity index (χ4v) is 3.10. The van der Waals surface area contributed by atoms with Crippen LogP contribution in [0.4, 0.5) is 5.13 Å². The summed E-state index contributed by atoms with van der Waals surface area (Å²) in [5.41, 5.74) is 2.78. The first-order chi connectivity index (χ1) is 7.99. The predicted molar refractivity (Wildman–Crippen MR) is 73.3 cm³/mol. The fraction of sp³-hybridized carbons (Fsp3) is 0.333. The molecule has 0 fully saturated rings. The van der Waals surface area contributed by atoms with E-state index in [2.05, 4.69) is 10.3 Å². The summed E-state index contributed by atoms with van der Waals surface area (Å²) in [5.74, 6) is -0.0689. The first kappa shape index (κ1) is 12.3. The Bertz CT molecular complexity index is 550. The van der Waals surface area contributed by atoms with Crippen LogP contribution in [0.1, 0.15) is 31.4 Å². The van der Waals surface area contributed by atoms with Crippen LogP contribution in [-0.2, 0) is 0 Å². The lowest BCUT2D eigenvalue weighted by Gasteiger charge is -2.00. The molecule has 0 saturated carbocycles. The molecule has 2 aromatic rings. The topological polar surface area (TPSA) is 42.0 Å². The molecule has 3 nitrogen and oxygen atoms in total. The maximum Gasteiger partial charge on any atom is 0.258 e. The minimum Gasteiger partial charge on any atom is -0.298 e. The van der Waals surface area contributed by atoms with Crippen LogP contribution < -0.4 is 5.32 Å². The number of nitrogens with zero attached hydrogens (tertiary/aromatic N) is 1. The van der Waals surface area contributed by atoms with Gasteiger partial charge in [-0.1, -0.05) is 0 Å². The van der Waals surface area contributed by atoms with Crippen LogP contribution in [0, 0.1) is 27.7 Å². The molecule has 90 valence electrons. The quantitative estimate of drug-likeness (QED) is 0.900. The van der Waals surface area contributed by atoms with Crippen LogP contribution in [0.15, 0.2) is 5.38 Å². The number of nitrogens with one attached hydrogen (secondary N) is 1. The van der Waals surface area contributed by atoms with E-state index in [1.807, 2.05) is 33.1 Å². The van der Waals surface area contributed by atoms with Crippen LogP contribution in [0.2, 0.25) is 0 Å². The summed E-state index contributed by atoms with van der Waals surface area (Å²) in [7, 11) is 0. The van der Waals surface area contributed by atoms with Crippen molar-refractivity contribution in [2.75, 3.05) is 5.32 Å². The summed E-state index contributed by atoms with van der Waals surface area (Å²) in [6, 6.07) is 0. The van der Waals surface area contributed by atoms with Gasteiger partial charge in [0.15, 0.2) is 5.13 Å². The zero-order chi connectivity index (χ0) is 12.6. The molecule has 2 heterocycles. The normalized spacial score (nSPS) is 10.6. The van der Waals surface area contributed by atoms with Gasteiger partial charge in [0.25, 0.3) is 5.91 Å². The lowest BCUT2D eigenvalue weighted by Crippen LogP contribution is -2.12. The van der Waals surface area contributed by atoms with Gasteiger partial charge in [-0.3, -0.25) is 10.1 Å². The van der Waals surface area contributed by atoms with Crippen LogP contribution in [-0.4, -0.2) is 10.9 Å². The van der Waals surface area contributed by atoms with E-state index < -0.39 is 0 Å². The van der Waals surface area contributed by atoms with Crippen molar-refractivity contribution in [1.29, 1.82) is 0 Å². The third-order valence-corrected chi connectivity index (χ3v) is 4.78. The Balaban J connectivity index is 2.20. The van der Waals surface area contributed by atoms with E-state index in [9.17, 15) is 4.79 Å². The molecule has 1 N–H and O–H groups in total. The highest BCUT2D eigenvalue weighted by Crippen LogP contribution is 2.24. The van der Waals surface area contributed by atoms with E-state index in [1.165, 1.54) is 16.2 Å². The number of anilines is 1. The van der Waals surface area contributed by atoms with Crippen molar-refractivity contribution in [2.45, 2.75) is 27.7 Å². The van der Waals surface area contributed by atoms with Gasteiger partial charge in [-0.15, -0.1) is 22.7 Å². The number of rotatable bonds is 2. The number of aromatic nitrogens is 1. The number of carbonyl (C=O) groups excluding carboxylic acids is 1. The number of aryl methyl sites for hydroxylation is 3. The van der Waals surface area contributed by atoms with Gasteiger partial charge >= 0.3 is 0 Å². The van der Waals surface area contributed by atoms with Crippen LogP contribution >= 0.6 is 22.7 Å². The van der Waals surface area contributed by atoms with Crippen LogP contribution in [0.25, 0.3) is 0 Å². The average molecular weight is 266 g/mol. The Hall–Kier alpha value is -1.20. The Morgan fingerprint density at radius 2 is 1.94 bits per heavy atom. The monoisotopic (exact) mass is 266 g/mol. The summed E-state index contributed by atoms with van der Waals surface area (Å²) in [5, 5.41) is 5.42. The van der Waals surface area contributed by atoms with E-state index in [4.69, 9.17) is 0 Å². The highest BCUT2D eigenvalue weighted by atomic mass is 32.1. The SMILES string of the molecule is Cc1nc(NC(=O)c2csc(C)c2C)sc1C. The minimum absolute atomic E-state index is 0.0689. The van der Waals surface area contributed by atoms with Gasteiger partial charge in [0.2, 0.25) is 0 Å². The molecule has 0 aliphatic carbocycles. The van der Waals surface area contributed by atoms with Gasteiger partial charge in [-0.25, -0.2) is 4.98 Å². The van der Waals surface area contributed by atoms with E-state index >= 15 is 0 Å². The van der Waals surface area contributed by atoms with Crippen LogP contribution in [0.3, 0.4) is 0 Å². The zero-order valence-corrected chi connectivity index (χ0v) is 11.9. The largest absolute Gasteiger partial charge is 0.298 e. The second-order valence-electron chi connectivity index (χ2n) is 3.95. The zero-order valence-electron chi connectivity index (χ0n) is 10.2. The van der Waals surface area contributed by atoms with Gasteiger partial charge in [-0.2, -0.15) is 0 Å². The van der Waals surface area contributed by atoms with Gasteiger partial charge in [0.05, 0.1) is 11.3 Å². The van der Waals surface area contributed by atoms with Gasteiger partial charge in [0, 0.05) is 15.1 Å². The molecule has 5 heteroatoms. The first-order valence-corrected chi connectivity index (χ1v) is 6.98. The second kappa shape index (κ2) is 4.58. The molecule has 0 aromatic carbocycles. The summed E-state index contributed by atoms with van der Waals surface area (Å²) in [6.45, 7) is 7.94. The lowest BCUT2D eigenvalue weighted by molar-refractivity contribution is 0.102. The van der Waals surface area contributed by atoms with E-state index in [0.29, 0.717) is 5.13 Å². The first-order valence-electron chi connectivity index (χ1n) is 5.29. The van der Waals surface area contributed by atoms with E-state index in [1.54, 1.807) is 11.3 Å². The minimum atomic E-state index is -0.0689. The second-order valence-corrected chi connectivity index (χ2v) is 6.23. The molecule has 0 unspecified atom stereocenters. The highest BCUT2D eigenvalue weighted by Gasteiger charge is 2.14. The van der Waals surface area contributed by atoms with Gasteiger partial charge < -0.3 is 0 Å². The van der Waals surface area contributed by atoms with Crippen molar-refractivity contribution in [3.63, 3.8) is 0 Å². The fourth-order valence-electron chi connectivity index (χ4n) is 1.43. The third-order valence-electron chi connectivity index (χ3n) is 2.78. The molecule has 2 aromatic heterocycles. The number of hydrogen-bond acceptors (Lipinski definition) is 4. The maximum atomic E-state index is 12.0. The molecular formula is C12H14N2OS2. The Labute approximate surface area is 109 Å². The molecule has 0 spiro atoms. The molecule has 0 radical (unpaired) electrons. The molecule has 0 saturated heterocycles. The third kappa shape index (κ3) is 2.40. The molecule has 0 aliphatic heterocycles. The molecule has 1 amide bonds. The van der Waals surface area contributed by atoms with E-state index in [0.717, 1.165) is 21.7 Å². The number of carbonyl (C=O) groups is 1. The molecular weight excluding hydrogens is 252 g/mol. The lowest BCUT2D eigenvalue weighted by atomic mass is 10.2. The Morgan fingerprint density at radius 1 is 1.24 bits per heavy atom. The number of thiophene rings is 1. The van der Waals surface area contributed by atoms with Crippen molar-refractivity contribution in [1.82, 2.24) is 4.98 Å². The number of thiazole rings is 1. The molecule has 0 aliphatic rings. The van der Waals surface area contributed by atoms with Gasteiger partial charge in [-0.05, 0) is 33.3 Å². The van der Waals surface area contributed by atoms with E-state index in [-0.39, 0.29) is 5.91 Å². The molecule has 17 heavy (non-hydrogen) atoms. The average Bonchev–Trinajstić information content (AvgIpc) is 2.73. The molecule has 0 atom stereocenters.